The summed E-state index contributed by atoms with van der Waals surface area (Å²) in [6, 6.07) is 7.37. The highest BCUT2D eigenvalue weighted by molar-refractivity contribution is 7.99. The number of hydrogen-bond acceptors (Lipinski definition) is 5. The Kier molecular flexibility index (Phi) is 6.40. The van der Waals surface area contributed by atoms with Gasteiger partial charge in [0.2, 0.25) is 5.44 Å². The summed E-state index contributed by atoms with van der Waals surface area (Å²) in [7, 11) is 0. The number of nitrogens with zero attached hydrogens (tertiary/aromatic N) is 1. The molecule has 0 radical (unpaired) electrons. The smallest absolute Gasteiger partial charge is 0.272 e. The van der Waals surface area contributed by atoms with Crippen LogP contribution in [0.3, 0.4) is 0 Å². The summed E-state index contributed by atoms with van der Waals surface area (Å²) in [5, 5.41) is 13.5. The fraction of sp³-hybridized carbons (Fsp3) is 0.429. The third-order valence-corrected chi connectivity index (χ3v) is 4.07. The number of pyridine rings is 1. The van der Waals surface area contributed by atoms with Gasteiger partial charge in [0.1, 0.15) is 11.4 Å². The Morgan fingerprint density at radius 3 is 2.56 bits per heavy atom. The highest BCUT2D eigenvalue weighted by atomic mass is 32.2. The van der Waals surface area contributed by atoms with E-state index in [1.807, 2.05) is 45.2 Å². The summed E-state index contributed by atoms with van der Waals surface area (Å²) in [5.41, 5.74) is -0.528. The predicted molar refractivity (Wildman–Crippen MR) is 111 cm³/mol. The standard InChI is InChI=1S/C21H26N2O3S/c1-20(2,3)23-18(24)19(27-6)26-16-7-8-17-15(12-16)11-14(13-22-17)9-10-21(4,5)25/h7-8,11-13,19,25H,1-6H3,(H,23,24). The molecule has 2 aromatic rings. The van der Waals surface area contributed by atoms with Crippen molar-refractivity contribution in [1.29, 1.82) is 0 Å². The second-order valence-electron chi connectivity index (χ2n) is 7.81. The van der Waals surface area contributed by atoms with Crippen LogP contribution in [-0.2, 0) is 4.79 Å². The van der Waals surface area contributed by atoms with Gasteiger partial charge in [0.15, 0.2) is 0 Å². The average molecular weight is 387 g/mol. The van der Waals surface area contributed by atoms with Crippen LogP contribution in [-0.4, -0.2) is 38.8 Å². The van der Waals surface area contributed by atoms with Crippen molar-refractivity contribution in [1.82, 2.24) is 10.3 Å². The molecule has 0 saturated heterocycles. The van der Waals surface area contributed by atoms with Crippen molar-refractivity contribution in [3.63, 3.8) is 0 Å². The maximum Gasteiger partial charge on any atom is 0.272 e. The van der Waals surface area contributed by atoms with Gasteiger partial charge in [-0.2, -0.15) is 0 Å². The van der Waals surface area contributed by atoms with Crippen LogP contribution in [0.5, 0.6) is 5.75 Å². The molecule has 0 fully saturated rings. The van der Waals surface area contributed by atoms with Gasteiger partial charge < -0.3 is 15.2 Å². The number of carbonyl (C=O) groups excluding carboxylic acids is 1. The van der Waals surface area contributed by atoms with Gasteiger partial charge >= 0.3 is 0 Å². The molecule has 2 rings (SSSR count). The monoisotopic (exact) mass is 386 g/mol. The zero-order chi connectivity index (χ0) is 20.2. The Labute approximate surface area is 164 Å². The van der Waals surface area contributed by atoms with Gasteiger partial charge in [0.25, 0.3) is 5.91 Å². The van der Waals surface area contributed by atoms with Crippen LogP contribution in [0.4, 0.5) is 0 Å². The Hall–Kier alpha value is -2.23. The molecular weight excluding hydrogens is 360 g/mol. The van der Waals surface area contributed by atoms with Crippen molar-refractivity contribution in [3.05, 3.63) is 36.0 Å². The van der Waals surface area contributed by atoms with Gasteiger partial charge in [-0.3, -0.25) is 9.78 Å². The lowest BCUT2D eigenvalue weighted by atomic mass is 10.1. The van der Waals surface area contributed by atoms with Crippen molar-refractivity contribution in [2.45, 2.75) is 51.2 Å². The van der Waals surface area contributed by atoms with Crippen molar-refractivity contribution < 1.29 is 14.6 Å². The normalized spacial score (nSPS) is 12.9. The first-order valence-electron chi connectivity index (χ1n) is 8.64. The zero-order valence-electron chi connectivity index (χ0n) is 16.6. The molecular formula is C21H26N2O3S. The molecule has 1 unspecified atom stereocenters. The third-order valence-electron chi connectivity index (χ3n) is 3.33. The largest absolute Gasteiger partial charge is 0.470 e. The zero-order valence-corrected chi connectivity index (χ0v) is 17.4. The minimum absolute atomic E-state index is 0.169. The number of rotatable bonds is 4. The molecule has 27 heavy (non-hydrogen) atoms. The summed E-state index contributed by atoms with van der Waals surface area (Å²) in [6.07, 6.45) is 3.50. The van der Waals surface area contributed by atoms with Crippen molar-refractivity contribution >= 4 is 28.6 Å². The highest BCUT2D eigenvalue weighted by Crippen LogP contribution is 2.23. The van der Waals surface area contributed by atoms with Gasteiger partial charge in [-0.1, -0.05) is 11.8 Å². The van der Waals surface area contributed by atoms with E-state index in [1.165, 1.54) is 11.8 Å². The number of nitrogens with one attached hydrogen (secondary N) is 1. The average Bonchev–Trinajstić information content (AvgIpc) is 2.55. The number of aromatic nitrogens is 1. The second-order valence-corrected chi connectivity index (χ2v) is 8.71. The van der Waals surface area contributed by atoms with Crippen LogP contribution in [0, 0.1) is 11.8 Å². The molecule has 2 N–H and O–H groups in total. The summed E-state index contributed by atoms with van der Waals surface area (Å²) < 4.78 is 5.88. The van der Waals surface area contributed by atoms with Crippen LogP contribution in [0.1, 0.15) is 40.2 Å². The van der Waals surface area contributed by atoms with E-state index < -0.39 is 11.0 Å². The summed E-state index contributed by atoms with van der Waals surface area (Å²) in [5.74, 6) is 6.11. The third kappa shape index (κ3) is 6.78. The summed E-state index contributed by atoms with van der Waals surface area (Å²) in [6.45, 7) is 9.05. The second kappa shape index (κ2) is 8.20. The lowest BCUT2D eigenvalue weighted by Gasteiger charge is -2.24. The molecule has 0 bridgehead atoms. The van der Waals surface area contributed by atoms with Crippen LogP contribution in [0.2, 0.25) is 0 Å². The number of ether oxygens (including phenoxy) is 1. The first-order chi connectivity index (χ1) is 12.5. The maximum atomic E-state index is 12.4. The van der Waals surface area contributed by atoms with E-state index in [4.69, 9.17) is 4.74 Å². The first-order valence-corrected chi connectivity index (χ1v) is 9.92. The topological polar surface area (TPSA) is 71.5 Å². The minimum atomic E-state index is -1.06. The number of fused-ring (bicyclic) bond motifs is 1. The Morgan fingerprint density at radius 2 is 1.96 bits per heavy atom. The van der Waals surface area contributed by atoms with Gasteiger partial charge in [-0.25, -0.2) is 0 Å². The van der Waals surface area contributed by atoms with Crippen molar-refractivity contribution in [2.24, 2.45) is 0 Å². The van der Waals surface area contributed by atoms with Crippen LogP contribution in [0.15, 0.2) is 30.5 Å². The highest BCUT2D eigenvalue weighted by Gasteiger charge is 2.23. The molecule has 1 heterocycles. The lowest BCUT2D eigenvalue weighted by Crippen LogP contribution is -2.46. The van der Waals surface area contributed by atoms with E-state index in [9.17, 15) is 9.90 Å². The number of benzene rings is 1. The fourth-order valence-electron chi connectivity index (χ4n) is 2.24. The number of aliphatic hydroxyl groups is 1. The molecule has 0 aliphatic rings. The number of thioether (sulfide) groups is 1. The molecule has 1 amide bonds. The van der Waals surface area contributed by atoms with Gasteiger partial charge in [0.05, 0.1) is 5.52 Å². The van der Waals surface area contributed by atoms with Gasteiger partial charge in [-0.15, -0.1) is 11.8 Å². The Morgan fingerprint density at radius 1 is 1.26 bits per heavy atom. The van der Waals surface area contributed by atoms with Gasteiger partial charge in [-0.05, 0) is 65.1 Å². The van der Waals surface area contributed by atoms with Gasteiger partial charge in [0, 0.05) is 22.7 Å². The van der Waals surface area contributed by atoms with Crippen molar-refractivity contribution in [2.75, 3.05) is 6.26 Å². The maximum absolute atomic E-state index is 12.4. The van der Waals surface area contributed by atoms with E-state index in [1.54, 1.807) is 26.1 Å². The van der Waals surface area contributed by atoms with E-state index in [2.05, 4.69) is 22.1 Å². The molecule has 5 nitrogen and oxygen atoms in total. The SMILES string of the molecule is CSC(Oc1ccc2ncc(C#CC(C)(C)O)cc2c1)C(=O)NC(C)(C)C. The summed E-state index contributed by atoms with van der Waals surface area (Å²) in [4.78, 5) is 16.8. The Balaban J connectivity index is 2.25. The number of amides is 1. The van der Waals surface area contributed by atoms with E-state index in [0.717, 1.165) is 10.9 Å². The number of hydrogen-bond donors (Lipinski definition) is 2. The molecule has 144 valence electrons. The first kappa shape index (κ1) is 21.1. The van der Waals surface area contributed by atoms with E-state index in [-0.39, 0.29) is 11.4 Å². The molecule has 1 atom stereocenters. The molecule has 1 aromatic carbocycles. The van der Waals surface area contributed by atoms with E-state index >= 15 is 0 Å². The lowest BCUT2D eigenvalue weighted by molar-refractivity contribution is -0.125. The minimum Gasteiger partial charge on any atom is -0.470 e. The molecule has 0 saturated carbocycles. The molecule has 6 heteroatoms. The van der Waals surface area contributed by atoms with Crippen LogP contribution >= 0.6 is 11.8 Å². The predicted octanol–water partition coefficient (Wildman–Crippen LogP) is 3.34. The molecule has 1 aromatic heterocycles. The quantitative estimate of drug-likeness (QED) is 0.623. The summed E-state index contributed by atoms with van der Waals surface area (Å²) >= 11 is 1.33. The van der Waals surface area contributed by atoms with Crippen molar-refractivity contribution in [3.8, 4) is 17.6 Å². The molecule has 0 spiro atoms. The fourth-order valence-corrected chi connectivity index (χ4v) is 2.72. The molecule has 0 aliphatic heterocycles. The van der Waals surface area contributed by atoms with Crippen LogP contribution < -0.4 is 10.1 Å². The Bertz CT molecular complexity index is 886. The molecule has 0 aliphatic carbocycles. The number of carbonyl (C=O) groups is 1. The van der Waals surface area contributed by atoms with Crippen LogP contribution in [0.25, 0.3) is 10.9 Å². The van der Waals surface area contributed by atoms with E-state index in [0.29, 0.717) is 11.3 Å².